The van der Waals surface area contributed by atoms with Gasteiger partial charge in [-0.1, -0.05) is 24.4 Å². The number of ether oxygens (including phenoxy) is 1. The van der Waals surface area contributed by atoms with Gasteiger partial charge in [0.2, 0.25) is 0 Å². The van der Waals surface area contributed by atoms with Crippen LogP contribution in [0.15, 0.2) is 30.6 Å². The number of nitrogens with zero attached hydrogens (tertiary/aromatic N) is 1. The van der Waals surface area contributed by atoms with Crippen LogP contribution in [0.4, 0.5) is 4.39 Å². The van der Waals surface area contributed by atoms with Crippen molar-refractivity contribution in [2.24, 2.45) is 0 Å². The molecule has 2 rings (SSSR count). The predicted molar refractivity (Wildman–Crippen MR) is 69.8 cm³/mol. The van der Waals surface area contributed by atoms with Crippen LogP contribution in [0.5, 0.6) is 5.75 Å². The topological polar surface area (TPSA) is 37.9 Å². The Kier molecular flexibility index (Phi) is 4.04. The van der Waals surface area contributed by atoms with Crippen molar-refractivity contribution in [3.63, 3.8) is 0 Å². The van der Waals surface area contributed by atoms with E-state index >= 15 is 0 Å². The maximum atomic E-state index is 13.6. The summed E-state index contributed by atoms with van der Waals surface area (Å²) in [5.41, 5.74) is 1.61. The maximum Gasteiger partial charge on any atom is 0.179 e. The molecule has 1 N–H and O–H groups in total. The highest BCUT2D eigenvalue weighted by Gasteiger charge is 2.05. The van der Waals surface area contributed by atoms with E-state index in [1.54, 1.807) is 7.11 Å². The number of benzene rings is 1. The molecule has 0 aliphatic heterocycles. The van der Waals surface area contributed by atoms with Crippen molar-refractivity contribution in [3.05, 3.63) is 52.3 Å². The van der Waals surface area contributed by atoms with E-state index in [0.717, 1.165) is 17.7 Å². The van der Waals surface area contributed by atoms with Crippen molar-refractivity contribution in [3.8, 4) is 5.75 Å². The number of aryl methyl sites for hydroxylation is 2. The second-order valence-corrected chi connectivity index (χ2v) is 4.23. The van der Waals surface area contributed by atoms with Crippen LogP contribution in [0, 0.1) is 10.5 Å². The van der Waals surface area contributed by atoms with Crippen LogP contribution >= 0.6 is 12.2 Å². The van der Waals surface area contributed by atoms with Gasteiger partial charge in [-0.3, -0.25) is 0 Å². The van der Waals surface area contributed by atoms with E-state index in [4.69, 9.17) is 17.0 Å². The van der Waals surface area contributed by atoms with Crippen molar-refractivity contribution in [1.82, 2.24) is 9.97 Å². The Bertz CT molecular complexity index is 580. The molecule has 0 unspecified atom stereocenters. The highest BCUT2D eigenvalue weighted by molar-refractivity contribution is 7.71. The van der Waals surface area contributed by atoms with E-state index in [0.29, 0.717) is 12.1 Å². The fraction of sp³-hybridized carbons (Fsp3) is 0.231. The van der Waals surface area contributed by atoms with Crippen molar-refractivity contribution in [2.45, 2.75) is 12.8 Å². The average molecular weight is 264 g/mol. The molecular weight excluding hydrogens is 251 g/mol. The third-order valence-electron chi connectivity index (χ3n) is 2.70. The normalized spacial score (nSPS) is 10.3. The molecule has 1 heterocycles. The monoisotopic (exact) mass is 264 g/mol. The number of H-pyrrole nitrogens is 1. The molecule has 0 aliphatic carbocycles. The number of aromatic amines is 1. The van der Waals surface area contributed by atoms with Gasteiger partial charge in [0.15, 0.2) is 10.5 Å². The van der Waals surface area contributed by atoms with Crippen LogP contribution in [0.25, 0.3) is 0 Å². The zero-order valence-electron chi connectivity index (χ0n) is 9.94. The molecule has 1 aromatic carbocycles. The van der Waals surface area contributed by atoms with Gasteiger partial charge in [0.25, 0.3) is 0 Å². The van der Waals surface area contributed by atoms with Gasteiger partial charge in [-0.15, -0.1) is 0 Å². The predicted octanol–water partition coefficient (Wildman–Crippen LogP) is 3.07. The summed E-state index contributed by atoms with van der Waals surface area (Å²) in [6.45, 7) is 0. The molecule has 0 fully saturated rings. The van der Waals surface area contributed by atoms with E-state index in [1.807, 2.05) is 24.3 Å². The Labute approximate surface area is 110 Å². The van der Waals surface area contributed by atoms with E-state index in [2.05, 4.69) is 9.97 Å². The van der Waals surface area contributed by atoms with Gasteiger partial charge in [-0.05, 0) is 30.5 Å². The van der Waals surface area contributed by atoms with Crippen molar-refractivity contribution in [1.29, 1.82) is 0 Å². The first kappa shape index (κ1) is 12.7. The summed E-state index contributed by atoms with van der Waals surface area (Å²) in [7, 11) is 1.63. The molecule has 18 heavy (non-hydrogen) atoms. The number of aromatic nitrogens is 2. The van der Waals surface area contributed by atoms with Crippen LogP contribution in [-0.4, -0.2) is 17.1 Å². The van der Waals surface area contributed by atoms with Gasteiger partial charge in [0, 0.05) is 0 Å². The Morgan fingerprint density at radius 3 is 2.67 bits per heavy atom. The van der Waals surface area contributed by atoms with Crippen LogP contribution in [0.2, 0.25) is 0 Å². The number of methoxy groups -OCH3 is 1. The number of hydrogen-bond donors (Lipinski definition) is 1. The largest absolute Gasteiger partial charge is 0.497 e. The molecule has 0 bridgehead atoms. The summed E-state index contributed by atoms with van der Waals surface area (Å²) in [4.78, 5) is 6.48. The van der Waals surface area contributed by atoms with E-state index in [-0.39, 0.29) is 4.64 Å². The van der Waals surface area contributed by atoms with Gasteiger partial charge in [0.1, 0.15) is 5.75 Å². The van der Waals surface area contributed by atoms with Crippen LogP contribution in [-0.2, 0) is 12.8 Å². The standard InChI is InChI=1S/C13H13FN2OS/c1-17-10-5-2-9(3-6-10)4-7-11-12(14)13(18)16-8-15-11/h2-3,5-6,8H,4,7H2,1H3,(H,15,16,18). The Morgan fingerprint density at radius 2 is 2.00 bits per heavy atom. The summed E-state index contributed by atoms with van der Waals surface area (Å²) in [5, 5.41) is 0. The van der Waals surface area contributed by atoms with Gasteiger partial charge in [0.05, 0.1) is 19.1 Å². The first-order valence-corrected chi connectivity index (χ1v) is 5.96. The van der Waals surface area contributed by atoms with E-state index in [1.165, 1.54) is 6.33 Å². The van der Waals surface area contributed by atoms with Gasteiger partial charge in [-0.25, -0.2) is 9.37 Å². The number of halogens is 1. The molecule has 0 radical (unpaired) electrons. The second kappa shape index (κ2) is 5.73. The third kappa shape index (κ3) is 2.92. The quantitative estimate of drug-likeness (QED) is 0.862. The smallest absolute Gasteiger partial charge is 0.179 e. The zero-order chi connectivity index (χ0) is 13.0. The first-order valence-electron chi connectivity index (χ1n) is 5.55. The number of nitrogens with one attached hydrogen (secondary N) is 1. The SMILES string of the molecule is COc1ccc(CCc2[nH]cnc(=S)c2F)cc1. The van der Waals surface area contributed by atoms with Crippen LogP contribution in [0.1, 0.15) is 11.3 Å². The lowest BCUT2D eigenvalue weighted by Crippen LogP contribution is -2.00. The van der Waals surface area contributed by atoms with Gasteiger partial charge >= 0.3 is 0 Å². The summed E-state index contributed by atoms with van der Waals surface area (Å²) >= 11 is 4.78. The zero-order valence-corrected chi connectivity index (χ0v) is 10.8. The Balaban J connectivity index is 2.06. The maximum absolute atomic E-state index is 13.6. The molecule has 5 heteroatoms. The minimum atomic E-state index is -0.430. The van der Waals surface area contributed by atoms with Crippen LogP contribution < -0.4 is 4.74 Å². The average Bonchev–Trinajstić information content (AvgIpc) is 2.41. The molecule has 1 aromatic heterocycles. The van der Waals surface area contributed by atoms with E-state index in [9.17, 15) is 4.39 Å². The van der Waals surface area contributed by atoms with Crippen molar-refractivity contribution < 1.29 is 9.13 Å². The number of rotatable bonds is 4. The molecular formula is C13H13FN2OS. The van der Waals surface area contributed by atoms with Crippen molar-refractivity contribution in [2.75, 3.05) is 7.11 Å². The minimum Gasteiger partial charge on any atom is -0.497 e. The molecule has 0 amide bonds. The molecule has 94 valence electrons. The number of hydrogen-bond acceptors (Lipinski definition) is 3. The molecule has 0 aliphatic rings. The second-order valence-electron chi connectivity index (χ2n) is 3.85. The Morgan fingerprint density at radius 1 is 1.28 bits per heavy atom. The summed E-state index contributed by atoms with van der Waals surface area (Å²) in [6, 6.07) is 7.71. The van der Waals surface area contributed by atoms with Crippen LogP contribution in [0.3, 0.4) is 0 Å². The lowest BCUT2D eigenvalue weighted by Gasteiger charge is -2.04. The summed E-state index contributed by atoms with van der Waals surface area (Å²) < 4.78 is 18.7. The lowest BCUT2D eigenvalue weighted by molar-refractivity contribution is 0.414. The third-order valence-corrected chi connectivity index (χ3v) is 2.98. The molecule has 2 aromatic rings. The molecule has 0 spiro atoms. The molecule has 0 atom stereocenters. The first-order chi connectivity index (χ1) is 8.70. The highest BCUT2D eigenvalue weighted by Crippen LogP contribution is 2.13. The van der Waals surface area contributed by atoms with Gasteiger partial charge in [-0.2, -0.15) is 0 Å². The molecule has 3 nitrogen and oxygen atoms in total. The Hall–Kier alpha value is -1.75. The molecule has 0 saturated carbocycles. The lowest BCUT2D eigenvalue weighted by atomic mass is 10.1. The highest BCUT2D eigenvalue weighted by atomic mass is 32.1. The summed E-state index contributed by atoms with van der Waals surface area (Å²) in [6.07, 6.45) is 2.72. The minimum absolute atomic E-state index is 0.0125. The summed E-state index contributed by atoms with van der Waals surface area (Å²) in [5.74, 6) is 0.384. The molecule has 0 saturated heterocycles. The van der Waals surface area contributed by atoms with Crippen molar-refractivity contribution >= 4 is 12.2 Å². The van der Waals surface area contributed by atoms with Gasteiger partial charge < -0.3 is 9.72 Å². The van der Waals surface area contributed by atoms with E-state index < -0.39 is 5.82 Å². The fourth-order valence-electron chi connectivity index (χ4n) is 1.66. The fourth-order valence-corrected chi connectivity index (χ4v) is 1.84.